The molecule has 1 heterocycles. The Morgan fingerprint density at radius 1 is 1.33 bits per heavy atom. The molecule has 4 nitrogen and oxygen atoms in total. The number of rotatable bonds is 4. The normalized spacial score (nSPS) is 14.4. The third kappa shape index (κ3) is 2.71. The number of hydrogen-bond acceptors (Lipinski definition) is 4. The molecular formula is C14H19N3O. The Labute approximate surface area is 107 Å². The molecule has 0 saturated heterocycles. The Morgan fingerprint density at radius 2 is 2.11 bits per heavy atom. The molecule has 0 saturated carbocycles. The van der Waals surface area contributed by atoms with Gasteiger partial charge in [-0.3, -0.25) is 4.98 Å². The molecule has 2 atom stereocenters. The van der Waals surface area contributed by atoms with Crippen LogP contribution in [0.4, 0.5) is 11.4 Å². The highest BCUT2D eigenvalue weighted by molar-refractivity contribution is 5.98. The average molecular weight is 245 g/mol. The van der Waals surface area contributed by atoms with Crippen molar-refractivity contribution in [2.45, 2.75) is 32.4 Å². The molecule has 0 aliphatic carbocycles. The first-order valence-electron chi connectivity index (χ1n) is 6.15. The van der Waals surface area contributed by atoms with Crippen molar-refractivity contribution in [3.8, 4) is 0 Å². The SMILES string of the molecule is CC(O)CC(C)Nc1ccc(N)c2cccnc12. The van der Waals surface area contributed by atoms with E-state index in [2.05, 4.69) is 10.3 Å². The summed E-state index contributed by atoms with van der Waals surface area (Å²) in [4.78, 5) is 4.37. The van der Waals surface area contributed by atoms with Gasteiger partial charge in [-0.05, 0) is 44.5 Å². The average Bonchev–Trinajstić information content (AvgIpc) is 2.32. The van der Waals surface area contributed by atoms with E-state index < -0.39 is 0 Å². The lowest BCUT2D eigenvalue weighted by atomic mass is 10.1. The summed E-state index contributed by atoms with van der Waals surface area (Å²) in [5, 5.41) is 13.7. The van der Waals surface area contributed by atoms with E-state index in [1.807, 2.05) is 31.2 Å². The van der Waals surface area contributed by atoms with Crippen molar-refractivity contribution >= 4 is 22.3 Å². The lowest BCUT2D eigenvalue weighted by Crippen LogP contribution is -2.20. The zero-order valence-corrected chi connectivity index (χ0v) is 10.7. The molecule has 0 amide bonds. The maximum Gasteiger partial charge on any atom is 0.0953 e. The molecule has 0 spiro atoms. The fraction of sp³-hybridized carbons (Fsp3) is 0.357. The van der Waals surface area contributed by atoms with E-state index in [1.54, 1.807) is 13.1 Å². The van der Waals surface area contributed by atoms with Crippen molar-refractivity contribution in [2.75, 3.05) is 11.1 Å². The van der Waals surface area contributed by atoms with Crippen molar-refractivity contribution in [1.82, 2.24) is 4.98 Å². The van der Waals surface area contributed by atoms with Crippen molar-refractivity contribution in [3.05, 3.63) is 30.5 Å². The van der Waals surface area contributed by atoms with Gasteiger partial charge in [-0.2, -0.15) is 0 Å². The summed E-state index contributed by atoms with van der Waals surface area (Å²) in [6.07, 6.45) is 2.13. The molecule has 1 aromatic carbocycles. The number of aliphatic hydroxyl groups excluding tert-OH is 1. The van der Waals surface area contributed by atoms with E-state index in [1.165, 1.54) is 0 Å². The van der Waals surface area contributed by atoms with Crippen LogP contribution in [0.25, 0.3) is 10.9 Å². The third-order valence-corrected chi connectivity index (χ3v) is 2.90. The van der Waals surface area contributed by atoms with Crippen LogP contribution >= 0.6 is 0 Å². The molecular weight excluding hydrogens is 226 g/mol. The molecule has 96 valence electrons. The van der Waals surface area contributed by atoms with E-state index in [4.69, 9.17) is 5.73 Å². The molecule has 0 radical (unpaired) electrons. The number of aliphatic hydroxyl groups is 1. The smallest absolute Gasteiger partial charge is 0.0953 e. The predicted octanol–water partition coefficient (Wildman–Crippen LogP) is 2.39. The summed E-state index contributed by atoms with van der Waals surface area (Å²) in [6.45, 7) is 3.83. The minimum atomic E-state index is -0.319. The van der Waals surface area contributed by atoms with Crippen molar-refractivity contribution in [2.24, 2.45) is 0 Å². The predicted molar refractivity (Wildman–Crippen MR) is 75.5 cm³/mol. The molecule has 0 aliphatic heterocycles. The van der Waals surface area contributed by atoms with Gasteiger partial charge in [0.1, 0.15) is 0 Å². The molecule has 2 rings (SSSR count). The van der Waals surface area contributed by atoms with Crippen LogP contribution in [0.2, 0.25) is 0 Å². The van der Waals surface area contributed by atoms with Crippen LogP contribution in [0.1, 0.15) is 20.3 Å². The van der Waals surface area contributed by atoms with E-state index in [0.29, 0.717) is 6.42 Å². The summed E-state index contributed by atoms with van der Waals surface area (Å²) in [5.41, 5.74) is 8.48. The molecule has 0 bridgehead atoms. The second kappa shape index (κ2) is 5.23. The lowest BCUT2D eigenvalue weighted by Gasteiger charge is -2.18. The van der Waals surface area contributed by atoms with Crippen molar-refractivity contribution < 1.29 is 5.11 Å². The molecule has 4 N–H and O–H groups in total. The number of nitrogens with one attached hydrogen (secondary N) is 1. The standard InChI is InChI=1S/C14H19N3O/c1-9(8-10(2)18)17-13-6-5-12(15)11-4-3-7-16-14(11)13/h3-7,9-10,17-18H,8,15H2,1-2H3. The monoisotopic (exact) mass is 245 g/mol. The summed E-state index contributed by atoms with van der Waals surface area (Å²) < 4.78 is 0. The number of benzene rings is 1. The summed E-state index contributed by atoms with van der Waals surface area (Å²) in [7, 11) is 0. The Bertz CT molecular complexity index is 540. The van der Waals surface area contributed by atoms with Gasteiger partial charge in [0, 0.05) is 23.3 Å². The molecule has 0 fully saturated rings. The molecule has 18 heavy (non-hydrogen) atoms. The van der Waals surface area contributed by atoms with Crippen LogP contribution in [0.5, 0.6) is 0 Å². The number of fused-ring (bicyclic) bond motifs is 1. The number of pyridine rings is 1. The van der Waals surface area contributed by atoms with Crippen LogP contribution in [-0.2, 0) is 0 Å². The maximum absolute atomic E-state index is 9.38. The molecule has 0 aliphatic rings. The first-order valence-corrected chi connectivity index (χ1v) is 6.15. The molecule has 4 heteroatoms. The van der Waals surface area contributed by atoms with Crippen LogP contribution < -0.4 is 11.1 Å². The number of nitrogens with zero attached hydrogens (tertiary/aromatic N) is 1. The third-order valence-electron chi connectivity index (χ3n) is 2.90. The first-order chi connectivity index (χ1) is 8.58. The van der Waals surface area contributed by atoms with E-state index in [0.717, 1.165) is 22.3 Å². The minimum absolute atomic E-state index is 0.179. The van der Waals surface area contributed by atoms with Crippen LogP contribution in [0.15, 0.2) is 30.5 Å². The largest absolute Gasteiger partial charge is 0.398 e. The highest BCUT2D eigenvalue weighted by Crippen LogP contribution is 2.26. The van der Waals surface area contributed by atoms with Gasteiger partial charge >= 0.3 is 0 Å². The zero-order valence-electron chi connectivity index (χ0n) is 10.7. The van der Waals surface area contributed by atoms with Gasteiger partial charge in [-0.25, -0.2) is 0 Å². The first kappa shape index (κ1) is 12.6. The fourth-order valence-electron chi connectivity index (χ4n) is 2.15. The summed E-state index contributed by atoms with van der Waals surface area (Å²) >= 11 is 0. The number of aromatic nitrogens is 1. The highest BCUT2D eigenvalue weighted by atomic mass is 16.3. The lowest BCUT2D eigenvalue weighted by molar-refractivity contribution is 0.179. The van der Waals surface area contributed by atoms with Gasteiger partial charge in [0.05, 0.1) is 17.3 Å². The van der Waals surface area contributed by atoms with Gasteiger partial charge in [0.15, 0.2) is 0 Å². The van der Waals surface area contributed by atoms with E-state index in [9.17, 15) is 5.11 Å². The van der Waals surface area contributed by atoms with Gasteiger partial charge in [0.2, 0.25) is 0 Å². The van der Waals surface area contributed by atoms with E-state index in [-0.39, 0.29) is 12.1 Å². The molecule has 2 unspecified atom stereocenters. The second-order valence-corrected chi connectivity index (χ2v) is 4.73. The Hall–Kier alpha value is -1.81. The van der Waals surface area contributed by atoms with Crippen LogP contribution in [-0.4, -0.2) is 22.2 Å². The van der Waals surface area contributed by atoms with E-state index >= 15 is 0 Å². The topological polar surface area (TPSA) is 71.2 Å². The number of nitrogen functional groups attached to an aromatic ring is 1. The Balaban J connectivity index is 2.31. The number of anilines is 2. The second-order valence-electron chi connectivity index (χ2n) is 4.73. The zero-order chi connectivity index (χ0) is 13.1. The Morgan fingerprint density at radius 3 is 2.83 bits per heavy atom. The number of nitrogens with two attached hydrogens (primary N) is 1. The van der Waals surface area contributed by atoms with Gasteiger partial charge in [-0.1, -0.05) is 0 Å². The van der Waals surface area contributed by atoms with Gasteiger partial charge in [0.25, 0.3) is 0 Å². The molecule has 2 aromatic rings. The van der Waals surface area contributed by atoms with Gasteiger partial charge < -0.3 is 16.2 Å². The summed E-state index contributed by atoms with van der Waals surface area (Å²) in [5.74, 6) is 0. The Kier molecular flexibility index (Phi) is 3.67. The van der Waals surface area contributed by atoms with Crippen molar-refractivity contribution in [3.63, 3.8) is 0 Å². The maximum atomic E-state index is 9.38. The summed E-state index contributed by atoms with van der Waals surface area (Å²) in [6, 6.07) is 7.83. The minimum Gasteiger partial charge on any atom is -0.398 e. The van der Waals surface area contributed by atoms with Crippen LogP contribution in [0.3, 0.4) is 0 Å². The van der Waals surface area contributed by atoms with Gasteiger partial charge in [-0.15, -0.1) is 0 Å². The number of hydrogen-bond donors (Lipinski definition) is 3. The molecule has 1 aromatic heterocycles. The quantitative estimate of drug-likeness (QED) is 0.723. The fourth-order valence-corrected chi connectivity index (χ4v) is 2.15. The highest BCUT2D eigenvalue weighted by Gasteiger charge is 2.09. The van der Waals surface area contributed by atoms with Crippen molar-refractivity contribution in [1.29, 1.82) is 0 Å². The van der Waals surface area contributed by atoms with Crippen LogP contribution in [0, 0.1) is 0 Å².